The summed E-state index contributed by atoms with van der Waals surface area (Å²) in [5, 5.41) is 1.24. The van der Waals surface area contributed by atoms with E-state index in [4.69, 9.17) is 0 Å². The summed E-state index contributed by atoms with van der Waals surface area (Å²) < 4.78 is 3.14. The molecular weight excluding hydrogens is 302 g/mol. The molecule has 98 valence electrons. The first-order valence-electron chi connectivity index (χ1n) is 6.58. The van der Waals surface area contributed by atoms with Crippen LogP contribution in [0.4, 0.5) is 0 Å². The highest BCUT2D eigenvalue weighted by molar-refractivity contribution is 9.10. The zero-order valence-corrected chi connectivity index (χ0v) is 12.4. The van der Waals surface area contributed by atoms with Gasteiger partial charge in [0.1, 0.15) is 4.60 Å². The molecule has 0 amide bonds. The standard InChI is InChI=1S/C15H16BrN3/c1-2-3-8-19-10-18-15(16)14(19)12-9-17-13-7-5-4-6-11(12)13/h4-7,9-10,17H,2-3,8H2,1H3. The van der Waals surface area contributed by atoms with Gasteiger partial charge in [0, 0.05) is 29.2 Å². The summed E-state index contributed by atoms with van der Waals surface area (Å²) in [7, 11) is 0. The molecule has 0 spiro atoms. The lowest BCUT2D eigenvalue weighted by Crippen LogP contribution is -1.98. The molecule has 0 aliphatic rings. The number of H-pyrrole nitrogens is 1. The van der Waals surface area contributed by atoms with E-state index in [0.29, 0.717) is 0 Å². The number of rotatable bonds is 4. The van der Waals surface area contributed by atoms with Gasteiger partial charge in [-0.2, -0.15) is 0 Å². The van der Waals surface area contributed by atoms with E-state index >= 15 is 0 Å². The van der Waals surface area contributed by atoms with E-state index in [-0.39, 0.29) is 0 Å². The van der Waals surface area contributed by atoms with Crippen molar-refractivity contribution >= 4 is 26.8 Å². The zero-order chi connectivity index (χ0) is 13.2. The molecule has 19 heavy (non-hydrogen) atoms. The molecule has 3 nitrogen and oxygen atoms in total. The van der Waals surface area contributed by atoms with Crippen LogP contribution in [0.5, 0.6) is 0 Å². The number of nitrogens with one attached hydrogen (secondary N) is 1. The van der Waals surface area contributed by atoms with Gasteiger partial charge in [-0.25, -0.2) is 4.98 Å². The summed E-state index contributed by atoms with van der Waals surface area (Å²) in [5.74, 6) is 0. The molecule has 0 radical (unpaired) electrons. The first kappa shape index (κ1) is 12.5. The van der Waals surface area contributed by atoms with Crippen LogP contribution in [0.15, 0.2) is 41.4 Å². The number of halogens is 1. The second-order valence-electron chi connectivity index (χ2n) is 4.68. The highest BCUT2D eigenvalue weighted by Crippen LogP contribution is 2.33. The maximum atomic E-state index is 4.40. The molecule has 1 N–H and O–H groups in total. The van der Waals surface area contributed by atoms with Crippen LogP contribution in [-0.2, 0) is 6.54 Å². The molecule has 0 unspecified atom stereocenters. The molecule has 3 rings (SSSR count). The molecule has 2 heterocycles. The largest absolute Gasteiger partial charge is 0.360 e. The molecule has 0 aliphatic heterocycles. The van der Waals surface area contributed by atoms with Crippen LogP contribution in [0.25, 0.3) is 22.2 Å². The van der Waals surface area contributed by atoms with E-state index in [9.17, 15) is 0 Å². The summed E-state index contributed by atoms with van der Waals surface area (Å²) in [5.41, 5.74) is 3.52. The number of para-hydroxylation sites is 1. The normalized spacial score (nSPS) is 11.3. The van der Waals surface area contributed by atoms with E-state index in [1.165, 1.54) is 17.4 Å². The van der Waals surface area contributed by atoms with Gasteiger partial charge in [0.25, 0.3) is 0 Å². The number of nitrogens with zero attached hydrogens (tertiary/aromatic N) is 2. The highest BCUT2D eigenvalue weighted by Gasteiger charge is 2.14. The van der Waals surface area contributed by atoms with Crippen LogP contribution < -0.4 is 0 Å². The number of aryl methyl sites for hydroxylation is 1. The SMILES string of the molecule is CCCCn1cnc(Br)c1-c1c[nH]c2ccccc12. The number of hydrogen-bond donors (Lipinski definition) is 1. The van der Waals surface area contributed by atoms with Gasteiger partial charge in [0.15, 0.2) is 0 Å². The Balaban J connectivity index is 2.13. The lowest BCUT2D eigenvalue weighted by atomic mass is 10.1. The topological polar surface area (TPSA) is 33.6 Å². The minimum absolute atomic E-state index is 0.911. The number of aromatic amines is 1. The molecule has 0 saturated carbocycles. The lowest BCUT2D eigenvalue weighted by molar-refractivity contribution is 0.636. The molecule has 0 atom stereocenters. The molecular formula is C15H16BrN3. The Morgan fingerprint density at radius 1 is 1.32 bits per heavy atom. The van der Waals surface area contributed by atoms with E-state index in [0.717, 1.165) is 28.8 Å². The predicted molar refractivity (Wildman–Crippen MR) is 82.1 cm³/mol. The van der Waals surface area contributed by atoms with Gasteiger partial charge in [0.05, 0.1) is 12.0 Å². The number of imidazole rings is 1. The maximum absolute atomic E-state index is 4.40. The van der Waals surface area contributed by atoms with Gasteiger partial charge in [0.2, 0.25) is 0 Å². The molecule has 0 saturated heterocycles. The fourth-order valence-electron chi connectivity index (χ4n) is 2.39. The van der Waals surface area contributed by atoms with Crippen molar-refractivity contribution in [2.24, 2.45) is 0 Å². The molecule has 0 bridgehead atoms. The van der Waals surface area contributed by atoms with Crippen molar-refractivity contribution in [2.75, 3.05) is 0 Å². The monoisotopic (exact) mass is 317 g/mol. The van der Waals surface area contributed by atoms with E-state index in [2.05, 4.69) is 61.8 Å². The van der Waals surface area contributed by atoms with Crippen molar-refractivity contribution in [3.8, 4) is 11.3 Å². The van der Waals surface area contributed by atoms with Crippen molar-refractivity contribution in [1.82, 2.24) is 14.5 Å². The Labute approximate surface area is 120 Å². The van der Waals surface area contributed by atoms with Crippen LogP contribution in [0.1, 0.15) is 19.8 Å². The Morgan fingerprint density at radius 2 is 2.16 bits per heavy atom. The second-order valence-corrected chi connectivity index (χ2v) is 5.43. The van der Waals surface area contributed by atoms with Crippen LogP contribution in [0.3, 0.4) is 0 Å². The summed E-state index contributed by atoms with van der Waals surface area (Å²) in [6.07, 6.45) is 6.33. The number of aromatic nitrogens is 3. The first-order chi connectivity index (χ1) is 9.31. The fraction of sp³-hybridized carbons (Fsp3) is 0.267. The summed E-state index contributed by atoms with van der Waals surface area (Å²) in [6.45, 7) is 3.21. The number of benzene rings is 1. The van der Waals surface area contributed by atoms with Crippen LogP contribution >= 0.6 is 15.9 Å². The van der Waals surface area contributed by atoms with Crippen molar-refractivity contribution in [3.63, 3.8) is 0 Å². The first-order valence-corrected chi connectivity index (χ1v) is 7.37. The van der Waals surface area contributed by atoms with E-state index in [1.807, 2.05) is 12.4 Å². The quantitative estimate of drug-likeness (QED) is 0.750. The van der Waals surface area contributed by atoms with Crippen LogP contribution in [-0.4, -0.2) is 14.5 Å². The fourth-order valence-corrected chi connectivity index (χ4v) is 2.92. The molecule has 4 heteroatoms. The molecule has 1 aromatic carbocycles. The van der Waals surface area contributed by atoms with E-state index in [1.54, 1.807) is 0 Å². The van der Waals surface area contributed by atoms with E-state index < -0.39 is 0 Å². The Bertz CT molecular complexity index is 696. The van der Waals surface area contributed by atoms with Crippen molar-refractivity contribution in [2.45, 2.75) is 26.3 Å². The predicted octanol–water partition coefficient (Wildman–Crippen LogP) is 4.59. The Morgan fingerprint density at radius 3 is 3.00 bits per heavy atom. The third-order valence-electron chi connectivity index (χ3n) is 3.39. The van der Waals surface area contributed by atoms with Gasteiger partial charge in [-0.15, -0.1) is 0 Å². The molecule has 0 fully saturated rings. The van der Waals surface area contributed by atoms with Gasteiger partial charge < -0.3 is 9.55 Å². The second kappa shape index (κ2) is 5.21. The van der Waals surface area contributed by atoms with Crippen molar-refractivity contribution in [1.29, 1.82) is 0 Å². The summed E-state index contributed by atoms with van der Waals surface area (Å²) >= 11 is 3.57. The molecule has 0 aliphatic carbocycles. The molecule has 3 aromatic rings. The number of hydrogen-bond acceptors (Lipinski definition) is 1. The minimum atomic E-state index is 0.911. The highest BCUT2D eigenvalue weighted by atomic mass is 79.9. The smallest absolute Gasteiger partial charge is 0.132 e. The van der Waals surface area contributed by atoms with Gasteiger partial charge in [-0.3, -0.25) is 0 Å². The van der Waals surface area contributed by atoms with Crippen LogP contribution in [0, 0.1) is 0 Å². The lowest BCUT2D eigenvalue weighted by Gasteiger charge is -2.07. The number of fused-ring (bicyclic) bond motifs is 1. The maximum Gasteiger partial charge on any atom is 0.132 e. The van der Waals surface area contributed by atoms with Gasteiger partial charge in [-0.1, -0.05) is 31.5 Å². The van der Waals surface area contributed by atoms with Gasteiger partial charge in [-0.05, 0) is 28.4 Å². The van der Waals surface area contributed by atoms with Crippen molar-refractivity contribution in [3.05, 3.63) is 41.4 Å². The third kappa shape index (κ3) is 2.21. The zero-order valence-electron chi connectivity index (χ0n) is 10.9. The third-order valence-corrected chi connectivity index (χ3v) is 3.97. The Hall–Kier alpha value is -1.55. The van der Waals surface area contributed by atoms with Crippen molar-refractivity contribution < 1.29 is 0 Å². The molecule has 2 aromatic heterocycles. The number of unbranched alkanes of at least 4 members (excludes halogenated alkanes) is 1. The Kier molecular flexibility index (Phi) is 3.42. The van der Waals surface area contributed by atoms with Crippen LogP contribution in [0.2, 0.25) is 0 Å². The van der Waals surface area contributed by atoms with Gasteiger partial charge >= 0.3 is 0 Å². The average molecular weight is 318 g/mol. The summed E-state index contributed by atoms with van der Waals surface area (Å²) in [4.78, 5) is 7.72. The minimum Gasteiger partial charge on any atom is -0.360 e. The summed E-state index contributed by atoms with van der Waals surface area (Å²) in [6, 6.07) is 8.36. The average Bonchev–Trinajstić information content (AvgIpc) is 3.00.